The monoisotopic (exact) mass is 472 g/mol. The number of methoxy groups -OCH3 is 1. The molecule has 2 aromatic heterocycles. The summed E-state index contributed by atoms with van der Waals surface area (Å²) in [5, 5.41) is 6.88. The molecule has 3 aromatic carbocycles. The summed E-state index contributed by atoms with van der Waals surface area (Å²) in [6, 6.07) is 19.0. The number of anilines is 1. The molecule has 0 aliphatic heterocycles. The van der Waals surface area contributed by atoms with Gasteiger partial charge < -0.3 is 19.2 Å². The number of nitrogens with zero attached hydrogens (tertiary/aromatic N) is 1. The van der Waals surface area contributed by atoms with E-state index in [0.717, 1.165) is 27.5 Å². The fourth-order valence-electron chi connectivity index (χ4n) is 3.61. The van der Waals surface area contributed by atoms with Crippen molar-refractivity contribution in [2.45, 2.75) is 6.92 Å². The number of para-hydroxylation sites is 1. The second-order valence-electron chi connectivity index (χ2n) is 7.68. The quantitative estimate of drug-likeness (QED) is 0.313. The molecule has 0 aliphatic carbocycles. The number of rotatable bonds is 6. The number of hydrogen-bond donors (Lipinski definition) is 1. The molecule has 0 bridgehead atoms. The first-order chi connectivity index (χ1) is 16.5. The Morgan fingerprint density at radius 1 is 1.03 bits per heavy atom. The average Bonchev–Trinajstić information content (AvgIpc) is 3.47. The Hall–Kier alpha value is -4.17. The lowest BCUT2D eigenvalue weighted by atomic mass is 10.1. The van der Waals surface area contributed by atoms with Crippen LogP contribution in [0.5, 0.6) is 5.75 Å². The second kappa shape index (κ2) is 8.99. The first-order valence-corrected chi connectivity index (χ1v) is 11.4. The van der Waals surface area contributed by atoms with Crippen LogP contribution in [0.3, 0.4) is 0 Å². The van der Waals surface area contributed by atoms with Gasteiger partial charge in [-0.2, -0.15) is 0 Å². The Labute approximate surface area is 198 Å². The highest BCUT2D eigenvalue weighted by Gasteiger charge is 2.17. The number of benzene rings is 3. The summed E-state index contributed by atoms with van der Waals surface area (Å²) in [5.74, 6) is -0.693. The fourth-order valence-corrected chi connectivity index (χ4v) is 4.40. The Morgan fingerprint density at radius 2 is 1.82 bits per heavy atom. The fraction of sp³-hybridized carbons (Fsp3) is 0.115. The third-order valence-corrected chi connectivity index (χ3v) is 6.21. The number of furan rings is 1. The van der Waals surface area contributed by atoms with Crippen LogP contribution in [0, 0.1) is 6.92 Å². The minimum absolute atomic E-state index is 0.162. The Kier molecular flexibility index (Phi) is 5.73. The molecule has 2 heterocycles. The predicted molar refractivity (Wildman–Crippen MR) is 131 cm³/mol. The molecule has 0 unspecified atom stereocenters. The van der Waals surface area contributed by atoms with Gasteiger partial charge in [0.15, 0.2) is 12.3 Å². The summed E-state index contributed by atoms with van der Waals surface area (Å²) >= 11 is 1.34. The van der Waals surface area contributed by atoms with Crippen molar-refractivity contribution in [1.82, 2.24) is 4.98 Å². The van der Waals surface area contributed by atoms with Gasteiger partial charge in [0, 0.05) is 27.8 Å². The van der Waals surface area contributed by atoms with Crippen molar-refractivity contribution in [2.24, 2.45) is 0 Å². The van der Waals surface area contributed by atoms with Crippen LogP contribution in [0.1, 0.15) is 16.1 Å². The number of esters is 1. The molecule has 0 radical (unpaired) electrons. The van der Waals surface area contributed by atoms with Crippen molar-refractivity contribution >= 4 is 50.8 Å². The van der Waals surface area contributed by atoms with E-state index in [1.165, 1.54) is 18.4 Å². The number of thiazole rings is 1. The Bertz CT molecular complexity index is 1520. The van der Waals surface area contributed by atoms with Gasteiger partial charge in [-0.25, -0.2) is 9.78 Å². The van der Waals surface area contributed by atoms with Gasteiger partial charge in [0.2, 0.25) is 0 Å². The van der Waals surface area contributed by atoms with Gasteiger partial charge in [0.05, 0.1) is 12.8 Å². The third kappa shape index (κ3) is 4.23. The molecule has 0 aliphatic rings. The zero-order valence-electron chi connectivity index (χ0n) is 18.5. The van der Waals surface area contributed by atoms with Crippen molar-refractivity contribution in [1.29, 1.82) is 0 Å². The normalized spacial score (nSPS) is 11.0. The molecule has 8 heteroatoms. The molecule has 5 rings (SSSR count). The lowest BCUT2D eigenvalue weighted by molar-refractivity contribution is -0.119. The molecule has 34 heavy (non-hydrogen) atoms. The highest BCUT2D eigenvalue weighted by atomic mass is 32.1. The molecule has 0 fully saturated rings. The molecule has 170 valence electrons. The molecule has 1 N–H and O–H groups in total. The van der Waals surface area contributed by atoms with E-state index in [1.807, 2.05) is 61.5 Å². The van der Waals surface area contributed by atoms with Gasteiger partial charge in [-0.15, -0.1) is 11.3 Å². The smallest absolute Gasteiger partial charge is 0.358 e. The lowest BCUT2D eigenvalue weighted by Crippen LogP contribution is -2.21. The minimum Gasteiger partial charge on any atom is -0.495 e. The average molecular weight is 473 g/mol. The van der Waals surface area contributed by atoms with E-state index in [2.05, 4.69) is 10.3 Å². The molecule has 7 nitrogen and oxygen atoms in total. The van der Waals surface area contributed by atoms with Crippen molar-refractivity contribution in [2.75, 3.05) is 19.0 Å². The van der Waals surface area contributed by atoms with E-state index in [-0.39, 0.29) is 5.69 Å². The Balaban J connectivity index is 1.27. The van der Waals surface area contributed by atoms with Gasteiger partial charge in [-0.1, -0.05) is 48.0 Å². The number of aryl methyl sites for hydroxylation is 1. The first kappa shape index (κ1) is 21.7. The first-order valence-electron chi connectivity index (χ1n) is 10.5. The molecule has 0 atom stereocenters. The SMILES string of the molecule is COc1cc2c(cc1NC(=O)COC(=O)c1csc(-c3ccc(C)cc3)n1)oc1ccccc12. The van der Waals surface area contributed by atoms with Crippen molar-refractivity contribution in [3.63, 3.8) is 0 Å². The summed E-state index contributed by atoms with van der Waals surface area (Å²) in [4.78, 5) is 29.2. The topological polar surface area (TPSA) is 90.7 Å². The summed E-state index contributed by atoms with van der Waals surface area (Å²) in [6.45, 7) is 1.54. The third-order valence-electron chi connectivity index (χ3n) is 5.32. The number of fused-ring (bicyclic) bond motifs is 3. The maximum atomic E-state index is 12.5. The minimum atomic E-state index is -0.663. The van der Waals surface area contributed by atoms with Crippen LogP contribution in [0.15, 0.2) is 70.5 Å². The summed E-state index contributed by atoms with van der Waals surface area (Å²) in [6.07, 6.45) is 0. The highest BCUT2D eigenvalue weighted by Crippen LogP contribution is 2.36. The number of nitrogens with one attached hydrogen (secondary N) is 1. The zero-order valence-corrected chi connectivity index (χ0v) is 19.3. The van der Waals surface area contributed by atoms with Crippen LogP contribution in [-0.4, -0.2) is 30.6 Å². The number of ether oxygens (including phenoxy) is 2. The summed E-state index contributed by atoms with van der Waals surface area (Å²) < 4.78 is 16.5. The van der Waals surface area contributed by atoms with Gasteiger partial charge in [-0.05, 0) is 19.1 Å². The van der Waals surface area contributed by atoms with Gasteiger partial charge >= 0.3 is 5.97 Å². The number of hydrogen-bond acceptors (Lipinski definition) is 7. The zero-order chi connectivity index (χ0) is 23.7. The summed E-state index contributed by atoms with van der Waals surface area (Å²) in [7, 11) is 1.52. The van der Waals surface area contributed by atoms with E-state index in [4.69, 9.17) is 13.9 Å². The maximum Gasteiger partial charge on any atom is 0.358 e. The van der Waals surface area contributed by atoms with Crippen LogP contribution in [-0.2, 0) is 9.53 Å². The molecule has 0 saturated carbocycles. The largest absolute Gasteiger partial charge is 0.495 e. The van der Waals surface area contributed by atoms with Crippen LogP contribution in [0.4, 0.5) is 5.69 Å². The van der Waals surface area contributed by atoms with E-state index < -0.39 is 18.5 Å². The van der Waals surface area contributed by atoms with E-state index in [0.29, 0.717) is 22.0 Å². The second-order valence-corrected chi connectivity index (χ2v) is 8.53. The van der Waals surface area contributed by atoms with Crippen LogP contribution in [0.25, 0.3) is 32.5 Å². The highest BCUT2D eigenvalue weighted by molar-refractivity contribution is 7.13. The maximum absolute atomic E-state index is 12.5. The van der Waals surface area contributed by atoms with Crippen LogP contribution < -0.4 is 10.1 Å². The lowest BCUT2D eigenvalue weighted by Gasteiger charge is -2.10. The number of amides is 1. The predicted octanol–water partition coefficient (Wildman–Crippen LogP) is 5.82. The van der Waals surface area contributed by atoms with Crippen molar-refractivity contribution < 1.29 is 23.5 Å². The number of aromatic nitrogens is 1. The molecule has 5 aromatic rings. The molecular formula is C26H20N2O5S. The molecule has 0 saturated heterocycles. The van der Waals surface area contributed by atoms with E-state index >= 15 is 0 Å². The van der Waals surface area contributed by atoms with Gasteiger partial charge in [-0.3, -0.25) is 4.79 Å². The van der Waals surface area contributed by atoms with Gasteiger partial charge in [0.1, 0.15) is 21.9 Å². The van der Waals surface area contributed by atoms with Crippen molar-refractivity contribution in [3.8, 4) is 16.3 Å². The number of carbonyl (C=O) groups is 2. The van der Waals surface area contributed by atoms with Crippen LogP contribution >= 0.6 is 11.3 Å². The molecule has 0 spiro atoms. The molecule has 1 amide bonds. The number of carbonyl (C=O) groups excluding carboxylic acids is 2. The van der Waals surface area contributed by atoms with Crippen molar-refractivity contribution in [3.05, 3.63) is 77.3 Å². The van der Waals surface area contributed by atoms with E-state index in [1.54, 1.807) is 11.4 Å². The molecular weight excluding hydrogens is 452 g/mol. The van der Waals surface area contributed by atoms with Gasteiger partial charge in [0.25, 0.3) is 5.91 Å². The summed E-state index contributed by atoms with van der Waals surface area (Å²) in [5.41, 5.74) is 3.99. The Morgan fingerprint density at radius 3 is 2.62 bits per heavy atom. The van der Waals surface area contributed by atoms with E-state index in [9.17, 15) is 9.59 Å². The standard InChI is InChI=1S/C26H20N2O5S/c1-15-7-9-16(10-8-15)25-28-20(14-34-25)26(30)32-13-24(29)27-19-12-22-18(11-23(19)31-2)17-5-3-4-6-21(17)33-22/h3-12,14H,13H2,1-2H3,(H,27,29). The van der Waals surface area contributed by atoms with Crippen LogP contribution in [0.2, 0.25) is 0 Å².